The summed E-state index contributed by atoms with van der Waals surface area (Å²) in [6.45, 7) is 4.47. The molecule has 0 heterocycles. The predicted octanol–water partition coefficient (Wildman–Crippen LogP) is 4.75. The van der Waals surface area contributed by atoms with Gasteiger partial charge in [-0.15, -0.1) is 0 Å². The molecule has 0 spiro atoms. The van der Waals surface area contributed by atoms with Gasteiger partial charge >= 0.3 is 0 Å². The molecule has 21 heavy (non-hydrogen) atoms. The van der Waals surface area contributed by atoms with Crippen molar-refractivity contribution in [1.82, 2.24) is 5.32 Å². The van der Waals surface area contributed by atoms with Gasteiger partial charge in [-0.2, -0.15) is 0 Å². The van der Waals surface area contributed by atoms with E-state index in [1.807, 2.05) is 0 Å². The summed E-state index contributed by atoms with van der Waals surface area (Å²) in [5.41, 5.74) is 3.75. The molecular weight excluding hydrogens is 326 g/mol. The quantitative estimate of drug-likeness (QED) is 0.832. The number of carbonyl (C=O) groups excluding carboxylic acids is 1. The van der Waals surface area contributed by atoms with Gasteiger partial charge in [0.25, 0.3) is 0 Å². The first-order valence-corrected chi connectivity index (χ1v) is 7.96. The molecule has 1 unspecified atom stereocenters. The smallest absolute Gasteiger partial charge is 0.216 e. The van der Waals surface area contributed by atoms with Crippen molar-refractivity contribution in [3.63, 3.8) is 0 Å². The second-order valence-electron chi connectivity index (χ2n) is 5.30. The van der Waals surface area contributed by atoms with Crippen molar-refractivity contribution in [3.05, 3.63) is 58.6 Å². The Kier molecular flexibility index (Phi) is 5.57. The first-order valence-electron chi connectivity index (χ1n) is 7.16. The molecule has 2 rings (SSSR count). The van der Waals surface area contributed by atoms with Gasteiger partial charge in [-0.1, -0.05) is 59.3 Å². The number of hydrogen-bond acceptors (Lipinski definition) is 1. The van der Waals surface area contributed by atoms with E-state index in [1.165, 1.54) is 16.7 Å². The van der Waals surface area contributed by atoms with Crippen LogP contribution in [0.25, 0.3) is 11.1 Å². The second kappa shape index (κ2) is 7.41. The van der Waals surface area contributed by atoms with Crippen LogP contribution < -0.4 is 5.32 Å². The molecule has 0 aliphatic rings. The Labute approximate surface area is 134 Å². The summed E-state index contributed by atoms with van der Waals surface area (Å²) in [4.78, 5) is 10.9. The van der Waals surface area contributed by atoms with Crippen molar-refractivity contribution in [2.45, 2.75) is 26.2 Å². The van der Waals surface area contributed by atoms with Gasteiger partial charge < -0.3 is 5.32 Å². The number of hydrogen-bond donors (Lipinski definition) is 1. The summed E-state index contributed by atoms with van der Waals surface area (Å²) in [6, 6.07) is 17.0. The molecule has 0 aliphatic heterocycles. The van der Waals surface area contributed by atoms with Crippen LogP contribution in [0.4, 0.5) is 0 Å². The van der Waals surface area contributed by atoms with Gasteiger partial charge in [-0.3, -0.25) is 4.79 Å². The van der Waals surface area contributed by atoms with E-state index in [0.29, 0.717) is 5.92 Å². The van der Waals surface area contributed by atoms with Gasteiger partial charge in [0, 0.05) is 17.9 Å². The molecule has 2 aromatic carbocycles. The molecule has 1 N–H and O–H groups in total. The molecule has 1 atom stereocenters. The van der Waals surface area contributed by atoms with Crippen molar-refractivity contribution < 1.29 is 4.79 Å². The van der Waals surface area contributed by atoms with E-state index in [-0.39, 0.29) is 5.91 Å². The molecule has 0 aromatic heterocycles. The third-order valence-electron chi connectivity index (χ3n) is 3.61. The number of halogens is 1. The van der Waals surface area contributed by atoms with Crippen molar-refractivity contribution in [2.75, 3.05) is 6.54 Å². The zero-order valence-electron chi connectivity index (χ0n) is 12.4. The number of amides is 1. The Bertz CT molecular complexity index is 590. The Morgan fingerprint density at radius 2 is 1.57 bits per heavy atom. The molecule has 0 fully saturated rings. The van der Waals surface area contributed by atoms with Gasteiger partial charge in [0.05, 0.1) is 0 Å². The van der Waals surface area contributed by atoms with E-state index >= 15 is 0 Å². The van der Waals surface area contributed by atoms with E-state index in [0.717, 1.165) is 17.4 Å². The fourth-order valence-corrected chi connectivity index (χ4v) is 2.54. The Balaban J connectivity index is 2.01. The first kappa shape index (κ1) is 15.8. The summed E-state index contributed by atoms with van der Waals surface area (Å²) in [7, 11) is 0. The highest BCUT2D eigenvalue weighted by molar-refractivity contribution is 9.10. The van der Waals surface area contributed by atoms with E-state index in [4.69, 9.17) is 0 Å². The normalized spacial score (nSPS) is 12.0. The summed E-state index contributed by atoms with van der Waals surface area (Å²) >= 11 is 3.45. The van der Waals surface area contributed by atoms with Crippen LogP contribution in [-0.2, 0) is 4.79 Å². The lowest BCUT2D eigenvalue weighted by atomic mass is 9.95. The van der Waals surface area contributed by atoms with Gasteiger partial charge in [0.1, 0.15) is 0 Å². The summed E-state index contributed by atoms with van der Waals surface area (Å²) in [6.07, 6.45) is 0.956. The molecule has 0 radical (unpaired) electrons. The molecule has 2 aromatic rings. The second-order valence-corrected chi connectivity index (χ2v) is 6.22. The molecule has 0 bridgehead atoms. The van der Waals surface area contributed by atoms with E-state index in [1.54, 1.807) is 6.92 Å². The van der Waals surface area contributed by atoms with Crippen LogP contribution in [0.15, 0.2) is 53.0 Å². The summed E-state index contributed by atoms with van der Waals surface area (Å²) in [5, 5.41) is 2.85. The van der Waals surface area contributed by atoms with E-state index < -0.39 is 0 Å². The molecule has 0 aliphatic carbocycles. The van der Waals surface area contributed by atoms with Crippen molar-refractivity contribution in [1.29, 1.82) is 0 Å². The highest BCUT2D eigenvalue weighted by atomic mass is 79.9. The lowest BCUT2D eigenvalue weighted by molar-refractivity contribution is -0.118. The number of nitrogens with one attached hydrogen (secondary N) is 1. The Hall–Kier alpha value is -1.61. The number of benzene rings is 2. The topological polar surface area (TPSA) is 29.1 Å². The van der Waals surface area contributed by atoms with Crippen LogP contribution in [0.3, 0.4) is 0 Å². The van der Waals surface area contributed by atoms with Crippen molar-refractivity contribution in [3.8, 4) is 11.1 Å². The minimum absolute atomic E-state index is 0.0350. The molecule has 0 saturated heterocycles. The lowest BCUT2D eigenvalue weighted by Crippen LogP contribution is -2.22. The fourth-order valence-electron chi connectivity index (χ4n) is 2.28. The highest BCUT2D eigenvalue weighted by Gasteiger charge is 2.06. The zero-order valence-corrected chi connectivity index (χ0v) is 14.0. The van der Waals surface area contributed by atoms with Gasteiger partial charge in [-0.05, 0) is 41.2 Å². The van der Waals surface area contributed by atoms with Gasteiger partial charge in [-0.25, -0.2) is 0 Å². The molecule has 1 amide bonds. The Morgan fingerprint density at radius 1 is 1.05 bits per heavy atom. The van der Waals surface area contributed by atoms with Gasteiger partial charge in [0.15, 0.2) is 0 Å². The van der Waals surface area contributed by atoms with Crippen LogP contribution in [-0.4, -0.2) is 12.5 Å². The molecule has 3 heteroatoms. The largest absolute Gasteiger partial charge is 0.356 e. The van der Waals surface area contributed by atoms with Crippen LogP contribution in [0.1, 0.15) is 31.7 Å². The minimum atomic E-state index is 0.0350. The maximum absolute atomic E-state index is 10.9. The lowest BCUT2D eigenvalue weighted by Gasteiger charge is -2.13. The van der Waals surface area contributed by atoms with E-state index in [2.05, 4.69) is 76.7 Å². The predicted molar refractivity (Wildman–Crippen MR) is 91.3 cm³/mol. The summed E-state index contributed by atoms with van der Waals surface area (Å²) in [5.74, 6) is 0.476. The van der Waals surface area contributed by atoms with E-state index in [9.17, 15) is 4.79 Å². The maximum Gasteiger partial charge on any atom is 0.216 e. The first-order chi connectivity index (χ1) is 10.1. The third kappa shape index (κ3) is 4.71. The minimum Gasteiger partial charge on any atom is -0.356 e. The summed E-state index contributed by atoms with van der Waals surface area (Å²) < 4.78 is 1.09. The fraction of sp³-hybridized carbons (Fsp3) is 0.278. The Morgan fingerprint density at radius 3 is 2.10 bits per heavy atom. The average Bonchev–Trinajstić information content (AvgIpc) is 2.48. The van der Waals surface area contributed by atoms with Crippen molar-refractivity contribution in [2.24, 2.45) is 0 Å². The highest BCUT2D eigenvalue weighted by Crippen LogP contribution is 2.25. The zero-order chi connectivity index (χ0) is 15.2. The molecule has 0 saturated carbocycles. The SMILES string of the molecule is CC(=O)NCCC(C)c1ccc(-c2ccc(Br)cc2)cc1. The van der Waals surface area contributed by atoms with Crippen LogP contribution in [0, 0.1) is 0 Å². The monoisotopic (exact) mass is 345 g/mol. The molecule has 2 nitrogen and oxygen atoms in total. The molecular formula is C18H20BrNO. The van der Waals surface area contributed by atoms with Crippen molar-refractivity contribution >= 4 is 21.8 Å². The van der Waals surface area contributed by atoms with Crippen LogP contribution in [0.2, 0.25) is 0 Å². The third-order valence-corrected chi connectivity index (χ3v) is 4.14. The number of rotatable bonds is 5. The number of carbonyl (C=O) groups is 1. The maximum atomic E-state index is 10.9. The molecule has 110 valence electrons. The van der Waals surface area contributed by atoms with Crippen LogP contribution >= 0.6 is 15.9 Å². The standard InChI is InChI=1S/C18H20BrNO/c1-13(11-12-20-14(2)21)15-3-5-16(6-4-15)17-7-9-18(19)10-8-17/h3-10,13H,11-12H2,1-2H3,(H,20,21). The van der Waals surface area contributed by atoms with Gasteiger partial charge in [0.2, 0.25) is 5.91 Å². The van der Waals surface area contributed by atoms with Crippen LogP contribution in [0.5, 0.6) is 0 Å². The average molecular weight is 346 g/mol.